The molecule has 0 amide bonds. The van der Waals surface area contributed by atoms with Gasteiger partial charge in [-0.3, -0.25) is 4.98 Å². The van der Waals surface area contributed by atoms with Gasteiger partial charge in [0.2, 0.25) is 0 Å². The molecule has 1 aromatic carbocycles. The third-order valence-corrected chi connectivity index (χ3v) is 1.71. The van der Waals surface area contributed by atoms with E-state index in [1.165, 1.54) is 0 Å². The smallest absolute Gasteiger partial charge is 0.417 e. The number of nitrogens with one attached hydrogen (secondary N) is 1. The molecule has 0 fully saturated rings. The molecule has 4 nitrogen and oxygen atoms in total. The molecule has 2 aromatic rings. The molecule has 0 unspecified atom stereocenters. The maximum atomic E-state index is 10.9. The van der Waals surface area contributed by atoms with E-state index in [9.17, 15) is 4.79 Å². The van der Waals surface area contributed by atoms with Crippen LogP contribution in [-0.2, 0) is 0 Å². The van der Waals surface area contributed by atoms with E-state index in [0.29, 0.717) is 23.5 Å². The van der Waals surface area contributed by atoms with Crippen molar-refractivity contribution in [3.8, 4) is 5.75 Å². The fraction of sp³-hybridized carbons (Fsp3) is 0.222. The highest BCUT2D eigenvalue weighted by molar-refractivity contribution is 5.78. The Labute approximate surface area is 74.1 Å². The minimum Gasteiger partial charge on any atom is -0.490 e. The van der Waals surface area contributed by atoms with Crippen molar-refractivity contribution in [3.05, 3.63) is 28.7 Å². The Bertz CT molecular complexity index is 469. The molecule has 0 aliphatic carbocycles. The highest BCUT2D eigenvalue weighted by Crippen LogP contribution is 2.22. The van der Waals surface area contributed by atoms with Crippen molar-refractivity contribution in [2.24, 2.45) is 0 Å². The first-order valence-corrected chi connectivity index (χ1v) is 4.06. The standard InChI is InChI=1S/C9H9NO3/c1-2-12-7-5-3-4-6-8(7)13-9(11)10-6/h3-5H,2H2,1H3,(H,10,11). The number of oxazole rings is 1. The first-order valence-electron chi connectivity index (χ1n) is 4.06. The molecule has 0 saturated carbocycles. The Kier molecular flexibility index (Phi) is 1.81. The quantitative estimate of drug-likeness (QED) is 0.760. The maximum Gasteiger partial charge on any atom is 0.417 e. The summed E-state index contributed by atoms with van der Waals surface area (Å²) in [6.45, 7) is 2.43. The number of aromatic amines is 1. The van der Waals surface area contributed by atoms with Gasteiger partial charge in [-0.25, -0.2) is 4.79 Å². The van der Waals surface area contributed by atoms with Crippen LogP contribution in [0.2, 0.25) is 0 Å². The van der Waals surface area contributed by atoms with Gasteiger partial charge in [0.15, 0.2) is 11.3 Å². The van der Waals surface area contributed by atoms with Crippen molar-refractivity contribution in [3.63, 3.8) is 0 Å². The van der Waals surface area contributed by atoms with Gasteiger partial charge >= 0.3 is 5.76 Å². The number of para-hydroxylation sites is 1. The van der Waals surface area contributed by atoms with Gasteiger partial charge in [-0.2, -0.15) is 0 Å². The number of H-pyrrole nitrogens is 1. The lowest BCUT2D eigenvalue weighted by molar-refractivity contribution is 0.337. The molecule has 1 aromatic heterocycles. The lowest BCUT2D eigenvalue weighted by atomic mass is 10.3. The zero-order valence-corrected chi connectivity index (χ0v) is 7.16. The van der Waals surface area contributed by atoms with Crippen LogP contribution in [0.5, 0.6) is 5.75 Å². The second-order valence-corrected chi connectivity index (χ2v) is 2.58. The molecule has 68 valence electrons. The van der Waals surface area contributed by atoms with Crippen LogP contribution in [0.4, 0.5) is 0 Å². The summed E-state index contributed by atoms with van der Waals surface area (Å²) in [5.41, 5.74) is 1.14. The van der Waals surface area contributed by atoms with Crippen LogP contribution in [-0.4, -0.2) is 11.6 Å². The van der Waals surface area contributed by atoms with Crippen molar-refractivity contribution >= 4 is 11.1 Å². The molecule has 0 spiro atoms. The number of hydrogen-bond donors (Lipinski definition) is 1. The number of hydrogen-bond acceptors (Lipinski definition) is 3. The third-order valence-electron chi connectivity index (χ3n) is 1.71. The fourth-order valence-corrected chi connectivity index (χ4v) is 1.22. The number of aromatic nitrogens is 1. The molecule has 1 heterocycles. The van der Waals surface area contributed by atoms with Crippen molar-refractivity contribution in [2.45, 2.75) is 6.92 Å². The van der Waals surface area contributed by atoms with E-state index >= 15 is 0 Å². The van der Waals surface area contributed by atoms with Crippen LogP contribution in [0.3, 0.4) is 0 Å². The Morgan fingerprint density at radius 3 is 3.15 bits per heavy atom. The summed E-state index contributed by atoms with van der Waals surface area (Å²) in [5, 5.41) is 0. The van der Waals surface area contributed by atoms with E-state index in [4.69, 9.17) is 9.15 Å². The van der Waals surface area contributed by atoms with Gasteiger partial charge in [0.25, 0.3) is 0 Å². The first-order chi connectivity index (χ1) is 6.31. The number of benzene rings is 1. The Morgan fingerprint density at radius 2 is 2.38 bits per heavy atom. The van der Waals surface area contributed by atoms with E-state index in [0.717, 1.165) is 0 Å². The Balaban J connectivity index is 2.67. The van der Waals surface area contributed by atoms with Crippen LogP contribution in [0.1, 0.15) is 6.92 Å². The predicted octanol–water partition coefficient (Wildman–Crippen LogP) is 1.52. The number of ether oxygens (including phenoxy) is 1. The van der Waals surface area contributed by atoms with E-state index in [1.54, 1.807) is 18.2 Å². The predicted molar refractivity (Wildman–Crippen MR) is 48.0 cm³/mol. The van der Waals surface area contributed by atoms with E-state index < -0.39 is 5.76 Å². The molecule has 0 radical (unpaired) electrons. The van der Waals surface area contributed by atoms with Crippen LogP contribution < -0.4 is 10.5 Å². The first kappa shape index (κ1) is 7.91. The molecule has 0 atom stereocenters. The molecule has 4 heteroatoms. The molecule has 0 bridgehead atoms. The lowest BCUT2D eigenvalue weighted by Crippen LogP contribution is -1.92. The normalized spacial score (nSPS) is 10.5. The highest BCUT2D eigenvalue weighted by atomic mass is 16.5. The molecule has 13 heavy (non-hydrogen) atoms. The van der Waals surface area contributed by atoms with Gasteiger partial charge in [-0.15, -0.1) is 0 Å². The summed E-state index contributed by atoms with van der Waals surface area (Å²) in [4.78, 5) is 13.4. The lowest BCUT2D eigenvalue weighted by Gasteiger charge is -2.00. The molecular weight excluding hydrogens is 170 g/mol. The van der Waals surface area contributed by atoms with E-state index in [2.05, 4.69) is 4.98 Å². The average molecular weight is 179 g/mol. The Hall–Kier alpha value is -1.71. The summed E-state index contributed by atoms with van der Waals surface area (Å²) < 4.78 is 10.2. The second-order valence-electron chi connectivity index (χ2n) is 2.58. The van der Waals surface area contributed by atoms with E-state index in [1.807, 2.05) is 6.92 Å². The summed E-state index contributed by atoms with van der Waals surface area (Å²) in [6, 6.07) is 5.34. The van der Waals surface area contributed by atoms with E-state index in [-0.39, 0.29) is 0 Å². The minimum atomic E-state index is -0.456. The summed E-state index contributed by atoms with van der Waals surface area (Å²) >= 11 is 0. The number of fused-ring (bicyclic) bond motifs is 1. The van der Waals surface area contributed by atoms with Gasteiger partial charge in [0.05, 0.1) is 12.1 Å². The molecule has 2 rings (SSSR count). The van der Waals surface area contributed by atoms with Gasteiger partial charge in [-0.1, -0.05) is 6.07 Å². The van der Waals surface area contributed by atoms with Gasteiger partial charge in [0, 0.05) is 0 Å². The van der Waals surface area contributed by atoms with Gasteiger partial charge in [0.1, 0.15) is 0 Å². The second kappa shape index (κ2) is 2.97. The molecule has 0 saturated heterocycles. The molecule has 1 N–H and O–H groups in total. The Morgan fingerprint density at radius 1 is 1.54 bits per heavy atom. The summed E-state index contributed by atoms with van der Waals surface area (Å²) in [6.07, 6.45) is 0. The fourth-order valence-electron chi connectivity index (χ4n) is 1.22. The molecular formula is C9H9NO3. The highest BCUT2D eigenvalue weighted by Gasteiger charge is 2.06. The van der Waals surface area contributed by atoms with Crippen LogP contribution in [0, 0.1) is 0 Å². The minimum absolute atomic E-state index is 0.456. The average Bonchev–Trinajstić information content (AvgIpc) is 2.47. The monoisotopic (exact) mass is 179 g/mol. The van der Waals surface area contributed by atoms with Crippen LogP contribution in [0.15, 0.2) is 27.4 Å². The van der Waals surface area contributed by atoms with Crippen LogP contribution in [0.25, 0.3) is 11.1 Å². The zero-order chi connectivity index (χ0) is 9.26. The SMILES string of the molecule is CCOc1cccc2[nH]c(=O)oc12. The van der Waals surface area contributed by atoms with Crippen molar-refractivity contribution < 1.29 is 9.15 Å². The summed E-state index contributed by atoms with van der Waals surface area (Å²) in [5.74, 6) is 0.139. The third kappa shape index (κ3) is 1.30. The zero-order valence-electron chi connectivity index (χ0n) is 7.16. The topological polar surface area (TPSA) is 55.2 Å². The maximum absolute atomic E-state index is 10.9. The van der Waals surface area contributed by atoms with Crippen LogP contribution >= 0.6 is 0 Å². The largest absolute Gasteiger partial charge is 0.490 e. The van der Waals surface area contributed by atoms with Crippen molar-refractivity contribution in [1.82, 2.24) is 4.98 Å². The summed E-state index contributed by atoms with van der Waals surface area (Å²) in [7, 11) is 0. The van der Waals surface area contributed by atoms with Crippen molar-refractivity contribution in [2.75, 3.05) is 6.61 Å². The number of rotatable bonds is 2. The van der Waals surface area contributed by atoms with Gasteiger partial charge in [-0.05, 0) is 19.1 Å². The molecule has 0 aliphatic rings. The molecule has 0 aliphatic heterocycles. The van der Waals surface area contributed by atoms with Crippen molar-refractivity contribution in [1.29, 1.82) is 0 Å². The van der Waals surface area contributed by atoms with Gasteiger partial charge < -0.3 is 9.15 Å².